The summed E-state index contributed by atoms with van der Waals surface area (Å²) in [6, 6.07) is 17.8. The molecule has 0 spiro atoms. The smallest absolute Gasteiger partial charge is 0.311 e. The lowest BCUT2D eigenvalue weighted by Crippen LogP contribution is -2.38. The molecule has 3 heteroatoms. The molecule has 0 bridgehead atoms. The molecular weight excluding hydrogens is 394 g/mol. The SMILES string of the molecule is CCCCCCC(=O)Oc1ccc(C)cc1[C@H](CCN(C(C)C)C(C)C)c1ccccc1. The second-order valence-corrected chi connectivity index (χ2v) is 9.50. The number of carbonyl (C=O) groups is 1. The first-order valence-corrected chi connectivity index (χ1v) is 12.4. The molecular formula is C29H43NO2. The van der Waals surface area contributed by atoms with Crippen molar-refractivity contribution in [2.24, 2.45) is 0 Å². The van der Waals surface area contributed by atoms with Gasteiger partial charge in [0.15, 0.2) is 0 Å². The van der Waals surface area contributed by atoms with Crippen LogP contribution < -0.4 is 4.74 Å². The normalized spacial score (nSPS) is 12.5. The van der Waals surface area contributed by atoms with E-state index < -0.39 is 0 Å². The fraction of sp³-hybridized carbons (Fsp3) is 0.552. The Morgan fingerprint density at radius 2 is 1.62 bits per heavy atom. The van der Waals surface area contributed by atoms with E-state index in [1.807, 2.05) is 12.1 Å². The summed E-state index contributed by atoms with van der Waals surface area (Å²) in [6.07, 6.45) is 5.77. The van der Waals surface area contributed by atoms with Gasteiger partial charge in [-0.05, 0) is 65.6 Å². The van der Waals surface area contributed by atoms with E-state index in [2.05, 4.69) is 82.8 Å². The van der Waals surface area contributed by atoms with Crippen molar-refractivity contribution in [2.45, 2.75) is 98.1 Å². The summed E-state index contributed by atoms with van der Waals surface area (Å²) in [4.78, 5) is 15.1. The van der Waals surface area contributed by atoms with Crippen LogP contribution in [0.5, 0.6) is 5.75 Å². The summed E-state index contributed by atoms with van der Waals surface area (Å²) < 4.78 is 5.93. The van der Waals surface area contributed by atoms with E-state index in [-0.39, 0.29) is 11.9 Å². The Kier molecular flexibility index (Phi) is 11.0. The predicted octanol–water partition coefficient (Wildman–Crippen LogP) is 7.51. The van der Waals surface area contributed by atoms with Crippen LogP contribution in [0.2, 0.25) is 0 Å². The van der Waals surface area contributed by atoms with E-state index in [1.165, 1.54) is 24.0 Å². The maximum atomic E-state index is 12.6. The highest BCUT2D eigenvalue weighted by Crippen LogP contribution is 2.36. The molecule has 0 aliphatic rings. The number of hydrogen-bond acceptors (Lipinski definition) is 3. The van der Waals surface area contributed by atoms with Gasteiger partial charge in [0, 0.05) is 30.0 Å². The van der Waals surface area contributed by atoms with E-state index in [9.17, 15) is 4.79 Å². The second-order valence-electron chi connectivity index (χ2n) is 9.50. The van der Waals surface area contributed by atoms with Gasteiger partial charge in [0.25, 0.3) is 0 Å². The molecule has 3 nitrogen and oxygen atoms in total. The maximum absolute atomic E-state index is 12.6. The lowest BCUT2D eigenvalue weighted by atomic mass is 9.86. The Labute approximate surface area is 196 Å². The topological polar surface area (TPSA) is 29.5 Å². The largest absolute Gasteiger partial charge is 0.426 e. The van der Waals surface area contributed by atoms with Crippen molar-refractivity contribution in [1.29, 1.82) is 0 Å². The average molecular weight is 438 g/mol. The zero-order chi connectivity index (χ0) is 23.5. The molecule has 0 unspecified atom stereocenters. The van der Waals surface area contributed by atoms with Gasteiger partial charge in [-0.15, -0.1) is 0 Å². The Morgan fingerprint density at radius 1 is 0.938 bits per heavy atom. The van der Waals surface area contributed by atoms with Crippen molar-refractivity contribution < 1.29 is 9.53 Å². The fourth-order valence-electron chi connectivity index (χ4n) is 4.48. The van der Waals surface area contributed by atoms with Gasteiger partial charge in [0.05, 0.1) is 0 Å². The van der Waals surface area contributed by atoms with Crippen LogP contribution in [0.15, 0.2) is 48.5 Å². The number of nitrogens with zero attached hydrogens (tertiary/aromatic N) is 1. The molecule has 0 amide bonds. The van der Waals surface area contributed by atoms with Crippen LogP contribution in [0.3, 0.4) is 0 Å². The van der Waals surface area contributed by atoms with Crippen molar-refractivity contribution >= 4 is 5.97 Å². The number of rotatable bonds is 13. The molecule has 0 aliphatic heterocycles. The first-order chi connectivity index (χ1) is 15.3. The van der Waals surface area contributed by atoms with E-state index in [1.54, 1.807) is 0 Å². The van der Waals surface area contributed by atoms with Gasteiger partial charge in [-0.1, -0.05) is 74.2 Å². The fourth-order valence-corrected chi connectivity index (χ4v) is 4.48. The van der Waals surface area contributed by atoms with Crippen LogP contribution >= 0.6 is 0 Å². The molecule has 1 atom stereocenters. The van der Waals surface area contributed by atoms with Crippen LogP contribution in [-0.2, 0) is 4.79 Å². The van der Waals surface area contributed by atoms with Crippen molar-refractivity contribution in [3.8, 4) is 5.75 Å². The molecule has 0 N–H and O–H groups in total. The van der Waals surface area contributed by atoms with Crippen LogP contribution in [0.4, 0.5) is 0 Å². The highest BCUT2D eigenvalue weighted by molar-refractivity contribution is 5.73. The van der Waals surface area contributed by atoms with Crippen LogP contribution in [0.1, 0.15) is 95.8 Å². The zero-order valence-corrected chi connectivity index (χ0v) is 21.1. The van der Waals surface area contributed by atoms with Crippen LogP contribution in [0.25, 0.3) is 0 Å². The minimum Gasteiger partial charge on any atom is -0.426 e. The number of aryl methyl sites for hydroxylation is 1. The summed E-state index contributed by atoms with van der Waals surface area (Å²) in [5.74, 6) is 0.772. The Balaban J connectivity index is 2.30. The number of ether oxygens (including phenoxy) is 1. The quantitative estimate of drug-likeness (QED) is 0.184. The van der Waals surface area contributed by atoms with Gasteiger partial charge in [-0.25, -0.2) is 0 Å². The molecule has 0 aromatic heterocycles. The predicted molar refractivity (Wildman–Crippen MR) is 135 cm³/mol. The van der Waals surface area contributed by atoms with Crippen LogP contribution in [0, 0.1) is 6.92 Å². The molecule has 32 heavy (non-hydrogen) atoms. The van der Waals surface area contributed by atoms with E-state index in [4.69, 9.17) is 4.74 Å². The van der Waals surface area contributed by atoms with E-state index in [0.29, 0.717) is 24.3 Å². The number of benzene rings is 2. The third-order valence-corrected chi connectivity index (χ3v) is 6.20. The Hall–Kier alpha value is -2.13. The minimum absolute atomic E-state index is 0.121. The molecule has 2 aromatic carbocycles. The maximum Gasteiger partial charge on any atom is 0.311 e. The molecule has 0 saturated heterocycles. The van der Waals surface area contributed by atoms with Gasteiger partial charge in [-0.3, -0.25) is 9.69 Å². The highest BCUT2D eigenvalue weighted by atomic mass is 16.5. The van der Waals surface area contributed by atoms with Gasteiger partial charge in [0.1, 0.15) is 5.75 Å². The molecule has 0 aliphatic carbocycles. The first-order valence-electron chi connectivity index (χ1n) is 12.4. The molecule has 0 saturated carbocycles. The third kappa shape index (κ3) is 8.09. The number of esters is 1. The molecule has 0 fully saturated rings. The standard InChI is InChI=1S/C29H43NO2/c1-7-8-9-13-16-29(31)32-28-18-17-24(6)21-27(28)26(25-14-11-10-12-15-25)19-20-30(22(2)3)23(4)5/h10-12,14-15,17-18,21-23,26H,7-9,13,16,19-20H2,1-6H3/t26-/m1/s1. The van der Waals surface area contributed by atoms with Crippen molar-refractivity contribution in [1.82, 2.24) is 4.90 Å². The Bertz CT molecular complexity index is 805. The van der Waals surface area contributed by atoms with Gasteiger partial charge in [0.2, 0.25) is 0 Å². The number of hydrogen-bond donors (Lipinski definition) is 0. The summed E-state index contributed by atoms with van der Waals surface area (Å²) in [5.41, 5.74) is 3.57. The van der Waals surface area contributed by atoms with Gasteiger partial charge < -0.3 is 4.74 Å². The molecule has 0 radical (unpaired) electrons. The molecule has 0 heterocycles. The Morgan fingerprint density at radius 3 is 2.25 bits per heavy atom. The van der Waals surface area contributed by atoms with Gasteiger partial charge in [-0.2, -0.15) is 0 Å². The van der Waals surface area contributed by atoms with Gasteiger partial charge >= 0.3 is 5.97 Å². The zero-order valence-electron chi connectivity index (χ0n) is 21.1. The summed E-state index contributed by atoms with van der Waals surface area (Å²) in [6.45, 7) is 14.3. The highest BCUT2D eigenvalue weighted by Gasteiger charge is 2.23. The third-order valence-electron chi connectivity index (χ3n) is 6.20. The number of unbranched alkanes of at least 4 members (excludes halogenated alkanes) is 3. The average Bonchev–Trinajstić information content (AvgIpc) is 2.76. The monoisotopic (exact) mass is 437 g/mol. The minimum atomic E-state index is -0.121. The number of carbonyl (C=O) groups excluding carboxylic acids is 1. The van der Waals surface area contributed by atoms with Crippen molar-refractivity contribution in [3.63, 3.8) is 0 Å². The summed E-state index contributed by atoms with van der Waals surface area (Å²) >= 11 is 0. The lowest BCUT2D eigenvalue weighted by Gasteiger charge is -2.32. The van der Waals surface area contributed by atoms with E-state index in [0.717, 1.165) is 31.4 Å². The second kappa shape index (κ2) is 13.4. The molecule has 176 valence electrons. The molecule has 2 aromatic rings. The lowest BCUT2D eigenvalue weighted by molar-refractivity contribution is -0.134. The van der Waals surface area contributed by atoms with E-state index >= 15 is 0 Å². The molecule has 2 rings (SSSR count). The van der Waals surface area contributed by atoms with Crippen molar-refractivity contribution in [3.05, 3.63) is 65.2 Å². The van der Waals surface area contributed by atoms with Crippen LogP contribution in [-0.4, -0.2) is 29.5 Å². The first kappa shape index (κ1) is 26.1. The van der Waals surface area contributed by atoms with Crippen molar-refractivity contribution in [2.75, 3.05) is 6.54 Å². The summed E-state index contributed by atoms with van der Waals surface area (Å²) in [5, 5.41) is 0. The summed E-state index contributed by atoms with van der Waals surface area (Å²) in [7, 11) is 0.